The summed E-state index contributed by atoms with van der Waals surface area (Å²) in [6, 6.07) is 9.29. The fourth-order valence-electron chi connectivity index (χ4n) is 2.13. The van der Waals surface area contributed by atoms with E-state index in [2.05, 4.69) is 5.10 Å². The van der Waals surface area contributed by atoms with Crippen LogP contribution >= 0.6 is 11.6 Å². The lowest BCUT2D eigenvalue weighted by molar-refractivity contribution is 0.0888. The molecular formula is C15H18ClN3O. The van der Waals surface area contributed by atoms with E-state index in [9.17, 15) is 4.79 Å². The Morgan fingerprint density at radius 2 is 2.05 bits per heavy atom. The first kappa shape index (κ1) is 14.8. The van der Waals surface area contributed by atoms with Gasteiger partial charge in [-0.2, -0.15) is 5.10 Å². The Hall–Kier alpha value is -1.65. The smallest absolute Gasteiger partial charge is 0.206 e. The van der Waals surface area contributed by atoms with E-state index in [4.69, 9.17) is 17.3 Å². The maximum atomic E-state index is 12.8. The summed E-state index contributed by atoms with van der Waals surface area (Å²) in [5.74, 6) is -0.223. The van der Waals surface area contributed by atoms with Gasteiger partial charge in [0.15, 0.2) is 0 Å². The molecule has 0 aliphatic carbocycles. The summed E-state index contributed by atoms with van der Waals surface area (Å²) >= 11 is 6.11. The maximum Gasteiger partial charge on any atom is 0.206 e. The molecule has 1 heterocycles. The van der Waals surface area contributed by atoms with Gasteiger partial charge in [0.1, 0.15) is 11.2 Å². The zero-order valence-electron chi connectivity index (χ0n) is 11.6. The number of rotatable bonds is 5. The van der Waals surface area contributed by atoms with Crippen molar-refractivity contribution in [2.75, 3.05) is 0 Å². The van der Waals surface area contributed by atoms with Gasteiger partial charge in [-0.3, -0.25) is 9.48 Å². The van der Waals surface area contributed by atoms with E-state index in [1.54, 1.807) is 11.6 Å². The lowest BCUT2D eigenvalue weighted by Gasteiger charge is -2.24. The van der Waals surface area contributed by atoms with Crippen molar-refractivity contribution in [3.63, 3.8) is 0 Å². The standard InChI is InChI=1S/C15H18ClN3O/c1-3-9-19-13(12(16)10-18-19)14(20)15(2,17)11-7-5-4-6-8-11/h4-8,10H,3,9,17H2,1-2H3. The number of aromatic nitrogens is 2. The fraction of sp³-hybridized carbons (Fsp3) is 0.333. The number of aryl methyl sites for hydroxylation is 1. The van der Waals surface area contributed by atoms with Crippen LogP contribution in [0, 0.1) is 0 Å². The molecule has 1 atom stereocenters. The summed E-state index contributed by atoms with van der Waals surface area (Å²) in [4.78, 5) is 12.8. The average molecular weight is 292 g/mol. The van der Waals surface area contributed by atoms with Gasteiger partial charge in [0.25, 0.3) is 0 Å². The molecule has 0 saturated carbocycles. The van der Waals surface area contributed by atoms with E-state index >= 15 is 0 Å². The number of nitrogens with zero attached hydrogens (tertiary/aromatic N) is 2. The second-order valence-corrected chi connectivity index (χ2v) is 5.37. The third-order valence-electron chi connectivity index (χ3n) is 3.29. The zero-order valence-corrected chi connectivity index (χ0v) is 12.4. The van der Waals surface area contributed by atoms with Crippen LogP contribution in [0.3, 0.4) is 0 Å². The molecule has 5 heteroatoms. The van der Waals surface area contributed by atoms with Crippen molar-refractivity contribution in [2.24, 2.45) is 5.73 Å². The van der Waals surface area contributed by atoms with E-state index in [0.29, 0.717) is 17.3 Å². The number of ketones is 1. The van der Waals surface area contributed by atoms with Crippen molar-refractivity contribution in [3.8, 4) is 0 Å². The van der Waals surface area contributed by atoms with Crippen molar-refractivity contribution >= 4 is 17.4 Å². The highest BCUT2D eigenvalue weighted by Crippen LogP contribution is 2.26. The Morgan fingerprint density at radius 3 is 2.65 bits per heavy atom. The van der Waals surface area contributed by atoms with E-state index in [0.717, 1.165) is 12.0 Å². The lowest BCUT2D eigenvalue weighted by Crippen LogP contribution is -2.43. The lowest BCUT2D eigenvalue weighted by atomic mass is 9.87. The van der Waals surface area contributed by atoms with Crippen LogP contribution in [0.5, 0.6) is 0 Å². The first-order valence-corrected chi connectivity index (χ1v) is 6.96. The maximum absolute atomic E-state index is 12.8. The molecule has 0 fully saturated rings. The molecule has 2 aromatic rings. The number of carbonyl (C=O) groups excluding carboxylic acids is 1. The third kappa shape index (κ3) is 2.62. The molecule has 4 nitrogen and oxygen atoms in total. The molecule has 0 amide bonds. The highest BCUT2D eigenvalue weighted by Gasteiger charge is 2.34. The van der Waals surface area contributed by atoms with Gasteiger partial charge in [-0.25, -0.2) is 0 Å². The Labute approximate surface area is 123 Å². The minimum absolute atomic E-state index is 0.223. The predicted octanol–water partition coefficient (Wildman–Crippen LogP) is 3.00. The zero-order chi connectivity index (χ0) is 14.8. The molecule has 2 rings (SSSR count). The molecule has 0 bridgehead atoms. The van der Waals surface area contributed by atoms with Crippen LogP contribution in [-0.2, 0) is 12.1 Å². The molecule has 2 N–H and O–H groups in total. The van der Waals surface area contributed by atoms with E-state index < -0.39 is 5.54 Å². The minimum Gasteiger partial charge on any atom is -0.315 e. The average Bonchev–Trinajstić information content (AvgIpc) is 2.80. The third-order valence-corrected chi connectivity index (χ3v) is 3.57. The number of halogens is 1. The van der Waals surface area contributed by atoms with Gasteiger partial charge < -0.3 is 5.73 Å². The van der Waals surface area contributed by atoms with Crippen molar-refractivity contribution in [1.82, 2.24) is 9.78 Å². The van der Waals surface area contributed by atoms with Crippen LogP contribution in [0.25, 0.3) is 0 Å². The van der Waals surface area contributed by atoms with Crippen LogP contribution in [0.4, 0.5) is 0 Å². The van der Waals surface area contributed by atoms with Crippen molar-refractivity contribution in [1.29, 1.82) is 0 Å². The number of benzene rings is 1. The van der Waals surface area contributed by atoms with Gasteiger partial charge in [0, 0.05) is 6.54 Å². The molecule has 1 aromatic carbocycles. The Bertz CT molecular complexity index is 605. The van der Waals surface area contributed by atoms with Crippen molar-refractivity contribution in [2.45, 2.75) is 32.4 Å². The summed E-state index contributed by atoms with van der Waals surface area (Å²) in [5.41, 5.74) is 6.26. The second kappa shape index (κ2) is 5.77. The Morgan fingerprint density at radius 1 is 1.40 bits per heavy atom. The highest BCUT2D eigenvalue weighted by atomic mass is 35.5. The number of hydrogen-bond donors (Lipinski definition) is 1. The predicted molar refractivity (Wildman–Crippen MR) is 79.8 cm³/mol. The number of hydrogen-bond acceptors (Lipinski definition) is 3. The number of carbonyl (C=O) groups is 1. The fourth-order valence-corrected chi connectivity index (χ4v) is 2.36. The largest absolute Gasteiger partial charge is 0.315 e. The quantitative estimate of drug-likeness (QED) is 0.862. The molecular weight excluding hydrogens is 274 g/mol. The molecule has 0 aliphatic heterocycles. The molecule has 0 spiro atoms. The van der Waals surface area contributed by atoms with E-state index in [1.807, 2.05) is 37.3 Å². The van der Waals surface area contributed by atoms with Crippen LogP contribution in [-0.4, -0.2) is 15.6 Å². The highest BCUT2D eigenvalue weighted by molar-refractivity contribution is 6.34. The normalized spacial score (nSPS) is 14.0. The topological polar surface area (TPSA) is 60.9 Å². The summed E-state index contributed by atoms with van der Waals surface area (Å²) in [6.45, 7) is 4.35. The Balaban J connectivity index is 2.43. The van der Waals surface area contributed by atoms with Gasteiger partial charge in [0.05, 0.1) is 11.2 Å². The van der Waals surface area contributed by atoms with Crippen LogP contribution in [0.15, 0.2) is 36.5 Å². The van der Waals surface area contributed by atoms with Crippen molar-refractivity contribution in [3.05, 3.63) is 52.8 Å². The minimum atomic E-state index is -1.13. The first-order chi connectivity index (χ1) is 9.48. The van der Waals surface area contributed by atoms with Gasteiger partial charge in [-0.15, -0.1) is 0 Å². The first-order valence-electron chi connectivity index (χ1n) is 6.59. The van der Waals surface area contributed by atoms with E-state index in [1.165, 1.54) is 6.20 Å². The molecule has 0 aliphatic rings. The van der Waals surface area contributed by atoms with Crippen LogP contribution in [0.1, 0.15) is 36.3 Å². The SMILES string of the molecule is CCCn1ncc(Cl)c1C(=O)C(C)(N)c1ccccc1. The monoisotopic (exact) mass is 291 g/mol. The molecule has 0 radical (unpaired) electrons. The summed E-state index contributed by atoms with van der Waals surface area (Å²) in [7, 11) is 0. The molecule has 1 unspecified atom stereocenters. The summed E-state index contributed by atoms with van der Waals surface area (Å²) < 4.78 is 1.62. The van der Waals surface area contributed by atoms with Crippen LogP contribution < -0.4 is 5.73 Å². The van der Waals surface area contributed by atoms with Gasteiger partial charge >= 0.3 is 0 Å². The molecule has 1 aromatic heterocycles. The van der Waals surface area contributed by atoms with Crippen LogP contribution in [0.2, 0.25) is 5.02 Å². The number of nitrogens with two attached hydrogens (primary N) is 1. The molecule has 20 heavy (non-hydrogen) atoms. The summed E-state index contributed by atoms with van der Waals surface area (Å²) in [6.07, 6.45) is 2.36. The van der Waals surface area contributed by atoms with Gasteiger partial charge in [-0.05, 0) is 18.9 Å². The Kier molecular flexibility index (Phi) is 4.26. The van der Waals surface area contributed by atoms with Crippen molar-refractivity contribution < 1.29 is 4.79 Å². The summed E-state index contributed by atoms with van der Waals surface area (Å²) in [5, 5.41) is 4.49. The van der Waals surface area contributed by atoms with E-state index in [-0.39, 0.29) is 5.78 Å². The number of Topliss-reactive ketones (excluding diaryl/α,β-unsaturated/α-hetero) is 1. The molecule has 106 valence electrons. The second-order valence-electron chi connectivity index (χ2n) is 4.96. The van der Waals surface area contributed by atoms with Gasteiger partial charge in [0.2, 0.25) is 5.78 Å². The molecule has 0 saturated heterocycles. The van der Waals surface area contributed by atoms with Gasteiger partial charge in [-0.1, -0.05) is 48.9 Å².